The van der Waals surface area contributed by atoms with Crippen molar-refractivity contribution in [2.75, 3.05) is 26.4 Å². The fourth-order valence-electron chi connectivity index (χ4n) is 1.09. The van der Waals surface area contributed by atoms with Crippen molar-refractivity contribution < 1.29 is 48.3 Å². The van der Waals surface area contributed by atoms with Gasteiger partial charge in [-0.3, -0.25) is 0 Å². The third-order valence-electron chi connectivity index (χ3n) is 3.03. The molecule has 1 unspecified atom stereocenters. The van der Waals surface area contributed by atoms with E-state index in [2.05, 4.69) is 35.8 Å². The monoisotopic (exact) mass is 456 g/mol. The summed E-state index contributed by atoms with van der Waals surface area (Å²) in [4.78, 5) is 42.2. The largest absolute Gasteiger partial charge is 0.478 e. The number of aliphatic hydroxyl groups is 1. The van der Waals surface area contributed by atoms with Crippen molar-refractivity contribution in [1.82, 2.24) is 0 Å². The van der Waals surface area contributed by atoms with E-state index in [4.69, 9.17) is 14.6 Å². The van der Waals surface area contributed by atoms with Gasteiger partial charge >= 0.3 is 23.9 Å². The number of aliphatic carboxylic acids is 1. The molecular formula is C22H32O10. The minimum atomic E-state index is -1.05. The summed E-state index contributed by atoms with van der Waals surface area (Å²) >= 11 is 0. The summed E-state index contributed by atoms with van der Waals surface area (Å²) in [6.07, 6.45) is -0.908. The number of carboxylic acid groups (broad SMARTS) is 1. The Labute approximate surface area is 187 Å². The number of carboxylic acids is 1. The standard InChI is InChI=1S/C11H16O5.C7H10O3.C4H6O2/c1-7(2)10(13)15-5-9(12)6-16-11(14)8(3)4;1-5(2)7(8)10-4-6-3-9-6;1-3(2)4(5)6/h9,12H,1,3,5-6H2,2,4H3;6H,1,3-4H2,2H3;1H2,2H3,(H,5,6). The van der Waals surface area contributed by atoms with Crippen molar-refractivity contribution in [2.45, 2.75) is 39.9 Å². The number of epoxide rings is 1. The molecule has 0 aromatic rings. The van der Waals surface area contributed by atoms with Crippen molar-refractivity contribution in [3.8, 4) is 0 Å². The summed E-state index contributed by atoms with van der Waals surface area (Å²) in [7, 11) is 0. The van der Waals surface area contributed by atoms with E-state index < -0.39 is 24.0 Å². The van der Waals surface area contributed by atoms with E-state index >= 15 is 0 Å². The molecule has 1 fully saturated rings. The lowest BCUT2D eigenvalue weighted by molar-refractivity contribution is -0.147. The Morgan fingerprint density at radius 2 is 1.12 bits per heavy atom. The van der Waals surface area contributed by atoms with Crippen molar-refractivity contribution in [3.63, 3.8) is 0 Å². The molecule has 0 saturated carbocycles. The number of rotatable bonds is 10. The number of carbonyl (C=O) groups excluding carboxylic acids is 3. The molecule has 0 amide bonds. The lowest BCUT2D eigenvalue weighted by Gasteiger charge is -2.11. The molecule has 2 N–H and O–H groups in total. The van der Waals surface area contributed by atoms with E-state index in [-0.39, 0.29) is 42.0 Å². The Kier molecular flexibility index (Phi) is 15.9. The van der Waals surface area contributed by atoms with Crippen LogP contribution in [0.25, 0.3) is 0 Å². The molecule has 0 aromatic carbocycles. The van der Waals surface area contributed by atoms with E-state index in [1.165, 1.54) is 20.8 Å². The van der Waals surface area contributed by atoms with Gasteiger partial charge in [0.25, 0.3) is 0 Å². The third-order valence-corrected chi connectivity index (χ3v) is 3.03. The topological polar surface area (TPSA) is 149 Å². The summed E-state index contributed by atoms with van der Waals surface area (Å²) < 4.78 is 18.9. The van der Waals surface area contributed by atoms with Crippen LogP contribution >= 0.6 is 0 Å². The van der Waals surface area contributed by atoms with Gasteiger partial charge in [0.15, 0.2) is 0 Å². The number of aliphatic hydroxyl groups excluding tert-OH is 1. The van der Waals surface area contributed by atoms with E-state index in [0.29, 0.717) is 18.8 Å². The van der Waals surface area contributed by atoms with Crippen LogP contribution in [0.2, 0.25) is 0 Å². The van der Waals surface area contributed by atoms with E-state index in [9.17, 15) is 24.3 Å². The van der Waals surface area contributed by atoms with Crippen LogP contribution in [0, 0.1) is 0 Å². The van der Waals surface area contributed by atoms with Gasteiger partial charge in [-0.2, -0.15) is 0 Å². The normalized spacial score (nSPS) is 13.1. The van der Waals surface area contributed by atoms with Crippen molar-refractivity contribution >= 4 is 23.9 Å². The van der Waals surface area contributed by atoms with Gasteiger partial charge in [-0.25, -0.2) is 19.2 Å². The van der Waals surface area contributed by atoms with Crippen LogP contribution in [0.5, 0.6) is 0 Å². The summed E-state index contributed by atoms with van der Waals surface area (Å²) in [6.45, 7) is 20.0. The van der Waals surface area contributed by atoms with Crippen LogP contribution in [-0.4, -0.2) is 72.7 Å². The molecule has 10 nitrogen and oxygen atoms in total. The van der Waals surface area contributed by atoms with E-state index in [1.54, 1.807) is 6.92 Å². The van der Waals surface area contributed by atoms with Gasteiger partial charge in [-0.05, 0) is 27.7 Å². The second-order valence-electron chi connectivity index (χ2n) is 6.83. The van der Waals surface area contributed by atoms with Gasteiger partial charge in [0.1, 0.15) is 32.0 Å². The SMILES string of the molecule is C=C(C)C(=O)O.C=C(C)C(=O)OCC(O)COC(=O)C(=C)C.C=C(C)C(=O)OCC1CO1. The minimum Gasteiger partial charge on any atom is -0.478 e. The van der Waals surface area contributed by atoms with Crippen LogP contribution in [-0.2, 0) is 38.1 Å². The van der Waals surface area contributed by atoms with Crippen LogP contribution < -0.4 is 0 Å². The molecule has 0 aliphatic carbocycles. The summed E-state index contributed by atoms with van der Waals surface area (Å²) in [5.74, 6) is -2.46. The number of carbonyl (C=O) groups is 4. The molecule has 10 heteroatoms. The Morgan fingerprint density at radius 1 is 0.812 bits per heavy atom. The summed E-state index contributed by atoms with van der Waals surface area (Å²) in [5.41, 5.74) is 1.09. The Morgan fingerprint density at radius 3 is 1.38 bits per heavy atom. The van der Waals surface area contributed by atoms with Crippen LogP contribution in [0.1, 0.15) is 27.7 Å². The highest BCUT2D eigenvalue weighted by Crippen LogP contribution is 2.09. The first-order chi connectivity index (χ1) is 14.7. The lowest BCUT2D eigenvalue weighted by atomic mass is 10.3. The number of hydrogen-bond acceptors (Lipinski definition) is 9. The van der Waals surface area contributed by atoms with Crippen molar-refractivity contribution in [1.29, 1.82) is 0 Å². The first-order valence-corrected chi connectivity index (χ1v) is 9.35. The smallest absolute Gasteiger partial charge is 0.333 e. The highest BCUT2D eigenvalue weighted by Gasteiger charge is 2.24. The van der Waals surface area contributed by atoms with E-state index in [0.717, 1.165) is 0 Å². The maximum Gasteiger partial charge on any atom is 0.333 e. The molecule has 1 aliphatic heterocycles. The predicted octanol–water partition coefficient (Wildman–Crippen LogP) is 1.74. The van der Waals surface area contributed by atoms with Crippen LogP contribution in [0.4, 0.5) is 0 Å². The molecule has 0 radical (unpaired) electrons. The average molecular weight is 456 g/mol. The zero-order valence-corrected chi connectivity index (χ0v) is 19.0. The Hall–Kier alpha value is -3.24. The Balaban J connectivity index is 0. The molecule has 1 rings (SSSR count). The molecule has 1 aliphatic rings. The highest BCUT2D eigenvalue weighted by molar-refractivity contribution is 5.87. The van der Waals surface area contributed by atoms with Gasteiger partial charge in [0.05, 0.1) is 6.61 Å². The number of hydrogen-bond donors (Lipinski definition) is 2. The molecule has 180 valence electrons. The van der Waals surface area contributed by atoms with Gasteiger partial charge in [0, 0.05) is 22.3 Å². The lowest BCUT2D eigenvalue weighted by Crippen LogP contribution is -2.25. The molecule has 1 saturated heterocycles. The molecular weight excluding hydrogens is 424 g/mol. The maximum atomic E-state index is 10.9. The molecule has 1 heterocycles. The summed E-state index contributed by atoms with van der Waals surface area (Å²) in [5, 5.41) is 17.2. The van der Waals surface area contributed by atoms with Gasteiger partial charge in [-0.1, -0.05) is 26.3 Å². The molecule has 32 heavy (non-hydrogen) atoms. The average Bonchev–Trinajstić information content (AvgIpc) is 3.53. The zero-order chi connectivity index (χ0) is 25.4. The maximum absolute atomic E-state index is 10.9. The fraction of sp³-hybridized carbons (Fsp3) is 0.455. The Bertz CT molecular complexity index is 689. The number of ether oxygens (including phenoxy) is 4. The summed E-state index contributed by atoms with van der Waals surface area (Å²) in [6, 6.07) is 0. The predicted molar refractivity (Wildman–Crippen MR) is 116 cm³/mol. The van der Waals surface area contributed by atoms with Gasteiger partial charge < -0.3 is 29.2 Å². The number of esters is 3. The van der Waals surface area contributed by atoms with Gasteiger partial charge in [0.2, 0.25) is 0 Å². The quantitative estimate of drug-likeness (QED) is 0.215. The van der Waals surface area contributed by atoms with Crippen molar-refractivity contribution in [3.05, 3.63) is 48.6 Å². The van der Waals surface area contributed by atoms with Gasteiger partial charge in [-0.15, -0.1) is 0 Å². The second-order valence-corrected chi connectivity index (χ2v) is 6.83. The fourth-order valence-corrected chi connectivity index (χ4v) is 1.09. The molecule has 0 spiro atoms. The minimum absolute atomic E-state index is 0.142. The first kappa shape index (κ1) is 30.9. The van der Waals surface area contributed by atoms with Crippen LogP contribution in [0.15, 0.2) is 48.6 Å². The van der Waals surface area contributed by atoms with Crippen LogP contribution in [0.3, 0.4) is 0 Å². The molecule has 0 bridgehead atoms. The third kappa shape index (κ3) is 18.8. The molecule has 1 atom stereocenters. The van der Waals surface area contributed by atoms with Crippen molar-refractivity contribution in [2.24, 2.45) is 0 Å². The molecule has 0 aromatic heterocycles. The van der Waals surface area contributed by atoms with E-state index in [1.807, 2.05) is 0 Å². The zero-order valence-electron chi connectivity index (χ0n) is 19.0. The first-order valence-electron chi connectivity index (χ1n) is 9.35. The second kappa shape index (κ2) is 16.5. The highest BCUT2D eigenvalue weighted by atomic mass is 16.6.